The van der Waals surface area contributed by atoms with Crippen LogP contribution in [-0.4, -0.2) is 41.6 Å². The van der Waals surface area contributed by atoms with Crippen LogP contribution < -0.4 is 25.1 Å². The molecule has 5 rings (SSSR count). The maximum absolute atomic E-state index is 14.0. The fourth-order valence-corrected chi connectivity index (χ4v) is 5.98. The molecule has 1 aromatic heterocycles. The second-order valence-corrected chi connectivity index (χ2v) is 12.8. The third-order valence-electron chi connectivity index (χ3n) is 7.81. The number of nitrogens with zero attached hydrogens (tertiary/aromatic N) is 3. The van der Waals surface area contributed by atoms with E-state index in [0.29, 0.717) is 51.4 Å². The van der Waals surface area contributed by atoms with Crippen molar-refractivity contribution < 1.29 is 19.0 Å². The van der Waals surface area contributed by atoms with Gasteiger partial charge in [-0.25, -0.2) is 4.98 Å². The Labute approximate surface area is 299 Å². The Balaban J connectivity index is 1.56. The van der Waals surface area contributed by atoms with Gasteiger partial charge in [-0.2, -0.15) is 9.78 Å². The third kappa shape index (κ3) is 7.81. The van der Waals surface area contributed by atoms with Crippen LogP contribution in [0.1, 0.15) is 55.9 Å². The minimum atomic E-state index is -0.351. The molecule has 9 nitrogen and oxygen atoms in total. The van der Waals surface area contributed by atoms with Crippen LogP contribution in [0.3, 0.4) is 0 Å². The molecule has 0 bridgehead atoms. The van der Waals surface area contributed by atoms with E-state index >= 15 is 0 Å². The van der Waals surface area contributed by atoms with E-state index in [0.717, 1.165) is 28.0 Å². The number of para-hydroxylation sites is 2. The molecule has 0 unspecified atom stereocenters. The van der Waals surface area contributed by atoms with E-state index in [1.54, 1.807) is 18.2 Å². The predicted octanol–water partition coefficient (Wildman–Crippen LogP) is 8.92. The highest BCUT2D eigenvalue weighted by Crippen LogP contribution is 2.42. The van der Waals surface area contributed by atoms with Gasteiger partial charge in [0.05, 0.1) is 30.3 Å². The molecule has 1 heterocycles. The quantitative estimate of drug-likeness (QED) is 0.128. The zero-order chi connectivity index (χ0) is 35.2. The van der Waals surface area contributed by atoms with Crippen molar-refractivity contribution in [2.75, 3.05) is 25.1 Å². The molecule has 0 atom stereocenters. The molecule has 0 saturated heterocycles. The Morgan fingerprint density at radius 2 is 1.67 bits per heavy atom. The smallest absolute Gasteiger partial charge is 0.282 e. The average Bonchev–Trinajstić information content (AvgIpc) is 3.07. The first kappa shape index (κ1) is 35.6. The van der Waals surface area contributed by atoms with Gasteiger partial charge in [-0.3, -0.25) is 9.59 Å². The number of aryl methyl sites for hydroxylation is 2. The van der Waals surface area contributed by atoms with Gasteiger partial charge in [-0.15, -0.1) is 0 Å². The number of amides is 1. The van der Waals surface area contributed by atoms with E-state index in [2.05, 4.69) is 40.2 Å². The van der Waals surface area contributed by atoms with Crippen LogP contribution in [0.2, 0.25) is 5.02 Å². The van der Waals surface area contributed by atoms with Crippen LogP contribution in [0, 0.1) is 13.8 Å². The number of hydrogen-bond donors (Lipinski definition) is 1. The molecular weight excluding hydrogens is 708 g/mol. The molecule has 0 radical (unpaired) electrons. The topological polar surface area (TPSA) is 104 Å². The number of fused-ring (bicyclic) bond motifs is 1. The molecule has 0 saturated carbocycles. The van der Waals surface area contributed by atoms with Gasteiger partial charge in [0.25, 0.3) is 11.5 Å². The standard InChI is InChI=1S/C38H38BrClN4O5/c1-7-47-31-17-24(6)28(19-27(31)22(3)4)37-43-30-16-12-10-14-26(30)38(46)44(37)41-20-25-18-32(48-8-2)36(35(40)34(25)39)49-21-33(45)42-29-15-11-9-13-23(29)5/h9-20,22H,7-8,21H2,1-6H3,(H,42,45). The Hall–Kier alpha value is -4.67. The summed E-state index contributed by atoms with van der Waals surface area (Å²) >= 11 is 10.4. The Morgan fingerprint density at radius 1 is 0.980 bits per heavy atom. The first-order chi connectivity index (χ1) is 23.5. The highest BCUT2D eigenvalue weighted by atomic mass is 79.9. The number of benzene rings is 4. The lowest BCUT2D eigenvalue weighted by Crippen LogP contribution is -2.21. The number of carbonyl (C=O) groups is 1. The number of carbonyl (C=O) groups excluding carboxylic acids is 1. The monoisotopic (exact) mass is 744 g/mol. The summed E-state index contributed by atoms with van der Waals surface area (Å²) in [7, 11) is 0. The summed E-state index contributed by atoms with van der Waals surface area (Å²) in [5.74, 6) is 1.51. The van der Waals surface area contributed by atoms with Crippen LogP contribution in [-0.2, 0) is 4.79 Å². The maximum atomic E-state index is 14.0. The van der Waals surface area contributed by atoms with Crippen LogP contribution in [0.4, 0.5) is 5.69 Å². The van der Waals surface area contributed by atoms with Gasteiger partial charge in [0, 0.05) is 21.3 Å². The SMILES string of the molecule is CCOc1cc(C)c(-c2nc3ccccc3c(=O)n2N=Cc2cc(OCC)c(OCC(=O)Nc3ccccc3C)c(Cl)c2Br)cc1C(C)C. The van der Waals surface area contributed by atoms with E-state index < -0.39 is 0 Å². The maximum Gasteiger partial charge on any atom is 0.282 e. The molecule has 0 fully saturated rings. The van der Waals surface area contributed by atoms with Crippen molar-refractivity contribution in [1.29, 1.82) is 0 Å². The number of hydrogen-bond acceptors (Lipinski definition) is 7. The normalized spacial score (nSPS) is 11.4. The van der Waals surface area contributed by atoms with E-state index in [4.69, 9.17) is 30.8 Å². The summed E-state index contributed by atoms with van der Waals surface area (Å²) in [6.07, 6.45) is 1.52. The molecule has 4 aromatic carbocycles. The van der Waals surface area contributed by atoms with E-state index in [1.807, 2.05) is 76.2 Å². The highest BCUT2D eigenvalue weighted by Gasteiger charge is 2.21. The molecule has 0 aliphatic carbocycles. The van der Waals surface area contributed by atoms with E-state index in [1.165, 1.54) is 10.9 Å². The summed E-state index contributed by atoms with van der Waals surface area (Å²) in [5, 5.41) is 8.14. The number of rotatable bonds is 12. The molecule has 1 N–H and O–H groups in total. The molecular formula is C38H38BrClN4O5. The van der Waals surface area contributed by atoms with Crippen molar-refractivity contribution in [3.05, 3.63) is 109 Å². The van der Waals surface area contributed by atoms with Crippen LogP contribution in [0.15, 0.2) is 81.1 Å². The summed E-state index contributed by atoms with van der Waals surface area (Å²) < 4.78 is 19.5. The zero-order valence-corrected chi connectivity index (χ0v) is 30.6. The summed E-state index contributed by atoms with van der Waals surface area (Å²) in [6, 6.07) is 20.3. The summed E-state index contributed by atoms with van der Waals surface area (Å²) in [6.45, 7) is 12.4. The van der Waals surface area contributed by atoms with Crippen molar-refractivity contribution in [2.45, 2.75) is 47.5 Å². The highest BCUT2D eigenvalue weighted by molar-refractivity contribution is 9.10. The van der Waals surface area contributed by atoms with Gasteiger partial charge in [0.15, 0.2) is 23.9 Å². The molecule has 0 aliphatic rings. The molecule has 11 heteroatoms. The van der Waals surface area contributed by atoms with Crippen molar-refractivity contribution in [3.8, 4) is 28.6 Å². The van der Waals surface area contributed by atoms with Gasteiger partial charge in [0.1, 0.15) is 10.8 Å². The molecule has 254 valence electrons. The lowest BCUT2D eigenvalue weighted by Gasteiger charge is -2.18. The first-order valence-electron chi connectivity index (χ1n) is 16.0. The minimum Gasteiger partial charge on any atom is -0.494 e. The van der Waals surface area contributed by atoms with Gasteiger partial charge < -0.3 is 19.5 Å². The van der Waals surface area contributed by atoms with Crippen molar-refractivity contribution in [3.63, 3.8) is 0 Å². The lowest BCUT2D eigenvalue weighted by atomic mass is 9.96. The van der Waals surface area contributed by atoms with Gasteiger partial charge in [-0.1, -0.05) is 55.8 Å². The average molecular weight is 746 g/mol. The molecule has 1 amide bonds. The van der Waals surface area contributed by atoms with Crippen molar-refractivity contribution in [1.82, 2.24) is 9.66 Å². The second kappa shape index (κ2) is 15.7. The fourth-order valence-electron chi connectivity index (χ4n) is 5.33. The molecule has 5 aromatic rings. The van der Waals surface area contributed by atoms with E-state index in [-0.39, 0.29) is 34.8 Å². The van der Waals surface area contributed by atoms with Crippen LogP contribution in [0.25, 0.3) is 22.3 Å². The Bertz CT molecular complexity index is 2110. The van der Waals surface area contributed by atoms with Gasteiger partial charge >= 0.3 is 0 Å². The molecule has 49 heavy (non-hydrogen) atoms. The number of halogens is 2. The van der Waals surface area contributed by atoms with Crippen LogP contribution >= 0.6 is 27.5 Å². The van der Waals surface area contributed by atoms with Gasteiger partial charge in [-0.05, 0) is 103 Å². The molecule has 0 spiro atoms. The minimum absolute atomic E-state index is 0.161. The molecule has 0 aliphatic heterocycles. The Kier molecular flexibility index (Phi) is 11.4. The van der Waals surface area contributed by atoms with E-state index in [9.17, 15) is 9.59 Å². The number of aromatic nitrogens is 2. The fraction of sp³-hybridized carbons (Fsp3) is 0.263. The number of anilines is 1. The second-order valence-electron chi connectivity index (χ2n) is 11.6. The van der Waals surface area contributed by atoms with Gasteiger partial charge in [0.2, 0.25) is 0 Å². The lowest BCUT2D eigenvalue weighted by molar-refractivity contribution is -0.118. The predicted molar refractivity (Wildman–Crippen MR) is 200 cm³/mol. The first-order valence-corrected chi connectivity index (χ1v) is 17.2. The number of ether oxygens (including phenoxy) is 3. The van der Waals surface area contributed by atoms with Crippen LogP contribution in [0.5, 0.6) is 17.2 Å². The number of nitrogens with one attached hydrogen (secondary N) is 1. The summed E-state index contributed by atoms with van der Waals surface area (Å²) in [4.78, 5) is 31.6. The Morgan fingerprint density at radius 3 is 2.39 bits per heavy atom. The largest absolute Gasteiger partial charge is 0.494 e. The zero-order valence-electron chi connectivity index (χ0n) is 28.3. The summed E-state index contributed by atoms with van der Waals surface area (Å²) in [5.41, 5.74) is 5.01. The van der Waals surface area contributed by atoms with Crippen molar-refractivity contribution >= 4 is 56.2 Å². The van der Waals surface area contributed by atoms with Crippen molar-refractivity contribution in [2.24, 2.45) is 5.10 Å². The third-order valence-corrected chi connectivity index (χ3v) is 9.25.